The second-order valence-electron chi connectivity index (χ2n) is 3.77. The third-order valence-electron chi connectivity index (χ3n) is 2.38. The molecule has 0 aromatic rings. The first-order chi connectivity index (χ1) is 7.50. The molecular formula is C10H21N3O3. The number of oxime groups is 1. The van der Waals surface area contributed by atoms with Gasteiger partial charge in [-0.05, 0) is 19.8 Å². The fourth-order valence-electron chi connectivity index (χ4n) is 1.10. The van der Waals surface area contributed by atoms with Crippen LogP contribution in [0.2, 0.25) is 0 Å². The summed E-state index contributed by atoms with van der Waals surface area (Å²) in [7, 11) is 0. The van der Waals surface area contributed by atoms with Crippen LogP contribution in [0, 0.1) is 0 Å². The summed E-state index contributed by atoms with van der Waals surface area (Å²) < 4.78 is 5.09. The molecule has 0 spiro atoms. The lowest BCUT2D eigenvalue weighted by Crippen LogP contribution is -2.55. The zero-order chi connectivity index (χ0) is 12.6. The van der Waals surface area contributed by atoms with Gasteiger partial charge in [0, 0.05) is 6.61 Å². The van der Waals surface area contributed by atoms with E-state index in [1.807, 2.05) is 13.8 Å². The van der Waals surface area contributed by atoms with Crippen molar-refractivity contribution in [1.29, 1.82) is 0 Å². The maximum Gasteiger partial charge on any atom is 0.246 e. The lowest BCUT2D eigenvalue weighted by molar-refractivity contribution is -0.126. The molecule has 0 aliphatic rings. The molecule has 94 valence electrons. The van der Waals surface area contributed by atoms with E-state index in [9.17, 15) is 4.79 Å². The number of ether oxygens (including phenoxy) is 1. The summed E-state index contributed by atoms with van der Waals surface area (Å²) in [6, 6.07) is 0. The van der Waals surface area contributed by atoms with E-state index < -0.39 is 5.54 Å². The highest BCUT2D eigenvalue weighted by atomic mass is 16.5. The van der Waals surface area contributed by atoms with Crippen molar-refractivity contribution in [1.82, 2.24) is 5.32 Å². The Kier molecular flexibility index (Phi) is 6.48. The predicted octanol–water partition coefficient (Wildman–Crippen LogP) is 0.444. The normalized spacial score (nSPS) is 15.6. The minimum atomic E-state index is -0.832. The van der Waals surface area contributed by atoms with E-state index in [4.69, 9.17) is 15.7 Å². The van der Waals surface area contributed by atoms with Crippen molar-refractivity contribution in [3.05, 3.63) is 0 Å². The predicted molar refractivity (Wildman–Crippen MR) is 61.4 cm³/mol. The molecule has 1 unspecified atom stereocenters. The number of carbonyl (C=O) groups excluding carboxylic acids is 1. The fraction of sp³-hybridized carbons (Fsp3) is 0.800. The second-order valence-corrected chi connectivity index (χ2v) is 3.77. The zero-order valence-corrected chi connectivity index (χ0v) is 10.1. The summed E-state index contributed by atoms with van der Waals surface area (Å²) in [5, 5.41) is 14.2. The highest BCUT2D eigenvalue weighted by Gasteiger charge is 2.29. The molecule has 4 N–H and O–H groups in total. The molecule has 0 bridgehead atoms. The van der Waals surface area contributed by atoms with Gasteiger partial charge in [-0.3, -0.25) is 4.79 Å². The van der Waals surface area contributed by atoms with E-state index in [2.05, 4.69) is 10.5 Å². The number of nitrogens with one attached hydrogen (secondary N) is 1. The molecule has 6 heteroatoms. The summed E-state index contributed by atoms with van der Waals surface area (Å²) >= 11 is 0. The highest BCUT2D eigenvalue weighted by molar-refractivity contribution is 5.93. The summed E-state index contributed by atoms with van der Waals surface area (Å²) in [6.45, 7) is 6.03. The average molecular weight is 231 g/mol. The number of nitrogens with zero attached hydrogens (tertiary/aromatic N) is 1. The Morgan fingerprint density at radius 1 is 1.56 bits per heavy atom. The number of carbonyl (C=O) groups is 1. The van der Waals surface area contributed by atoms with Crippen molar-refractivity contribution in [2.45, 2.75) is 39.2 Å². The quantitative estimate of drug-likeness (QED) is 0.195. The zero-order valence-electron chi connectivity index (χ0n) is 10.1. The Balaban J connectivity index is 4.27. The number of nitrogens with two attached hydrogens (primary N) is 1. The molecule has 0 heterocycles. The molecule has 0 aromatic heterocycles. The van der Waals surface area contributed by atoms with Crippen LogP contribution in [0.1, 0.15) is 33.6 Å². The van der Waals surface area contributed by atoms with Gasteiger partial charge in [0.1, 0.15) is 6.61 Å². The van der Waals surface area contributed by atoms with Crippen molar-refractivity contribution >= 4 is 11.7 Å². The molecule has 0 saturated heterocycles. The monoisotopic (exact) mass is 231 g/mol. The molecule has 0 fully saturated rings. The van der Waals surface area contributed by atoms with Gasteiger partial charge in [-0.15, -0.1) is 0 Å². The van der Waals surface area contributed by atoms with E-state index in [1.165, 1.54) is 0 Å². The van der Waals surface area contributed by atoms with Gasteiger partial charge in [0.15, 0.2) is 5.84 Å². The maximum atomic E-state index is 11.5. The molecule has 0 aliphatic heterocycles. The molecule has 0 radical (unpaired) electrons. The second kappa shape index (κ2) is 7.05. The molecular weight excluding hydrogens is 210 g/mol. The van der Waals surface area contributed by atoms with Crippen LogP contribution in [0.25, 0.3) is 0 Å². The van der Waals surface area contributed by atoms with Crippen molar-refractivity contribution in [3.63, 3.8) is 0 Å². The van der Waals surface area contributed by atoms with Gasteiger partial charge >= 0.3 is 0 Å². The van der Waals surface area contributed by atoms with Crippen LogP contribution in [0.5, 0.6) is 0 Å². The maximum absolute atomic E-state index is 11.5. The Hall–Kier alpha value is -1.30. The van der Waals surface area contributed by atoms with Gasteiger partial charge in [0.25, 0.3) is 0 Å². The third-order valence-corrected chi connectivity index (χ3v) is 2.38. The Morgan fingerprint density at radius 3 is 2.62 bits per heavy atom. The minimum Gasteiger partial charge on any atom is -0.409 e. The van der Waals surface area contributed by atoms with E-state index in [0.29, 0.717) is 13.0 Å². The van der Waals surface area contributed by atoms with Crippen LogP contribution in [0.3, 0.4) is 0 Å². The van der Waals surface area contributed by atoms with Crippen molar-refractivity contribution in [2.75, 3.05) is 13.2 Å². The summed E-state index contributed by atoms with van der Waals surface area (Å²) in [4.78, 5) is 11.5. The minimum absolute atomic E-state index is 0.0118. The molecule has 1 amide bonds. The molecule has 0 aliphatic carbocycles. The number of hydrogen-bond acceptors (Lipinski definition) is 4. The SMILES string of the molecule is CCCOCC(=O)NC(C)(CC)C(N)=NO. The smallest absolute Gasteiger partial charge is 0.246 e. The van der Waals surface area contributed by atoms with Gasteiger partial charge in [-0.2, -0.15) is 0 Å². The van der Waals surface area contributed by atoms with E-state index in [-0.39, 0.29) is 18.3 Å². The van der Waals surface area contributed by atoms with Crippen LogP contribution in [0.4, 0.5) is 0 Å². The lowest BCUT2D eigenvalue weighted by Gasteiger charge is -2.27. The van der Waals surface area contributed by atoms with E-state index in [0.717, 1.165) is 6.42 Å². The molecule has 6 nitrogen and oxygen atoms in total. The van der Waals surface area contributed by atoms with Gasteiger partial charge in [0.2, 0.25) is 5.91 Å². The first-order valence-electron chi connectivity index (χ1n) is 5.37. The number of hydrogen-bond donors (Lipinski definition) is 3. The first-order valence-corrected chi connectivity index (χ1v) is 5.37. The standard InChI is InChI=1S/C10H21N3O3/c1-4-6-16-7-8(14)12-10(3,5-2)9(11)13-15/h15H,4-7H2,1-3H3,(H2,11,13)(H,12,14). The Labute approximate surface area is 95.8 Å². The molecule has 16 heavy (non-hydrogen) atoms. The van der Waals surface area contributed by atoms with Gasteiger partial charge in [0.05, 0.1) is 5.54 Å². The van der Waals surface area contributed by atoms with Crippen LogP contribution in [0.15, 0.2) is 5.16 Å². The molecule has 1 atom stereocenters. The fourth-order valence-corrected chi connectivity index (χ4v) is 1.10. The number of rotatable bonds is 7. The highest BCUT2D eigenvalue weighted by Crippen LogP contribution is 2.08. The topological polar surface area (TPSA) is 96.9 Å². The third kappa shape index (κ3) is 4.48. The summed E-state index contributed by atoms with van der Waals surface area (Å²) in [6.07, 6.45) is 1.39. The van der Waals surface area contributed by atoms with Crippen molar-refractivity contribution in [2.24, 2.45) is 10.9 Å². The van der Waals surface area contributed by atoms with E-state index >= 15 is 0 Å². The Bertz CT molecular complexity index is 256. The molecule has 0 aromatic carbocycles. The van der Waals surface area contributed by atoms with Crippen molar-refractivity contribution in [3.8, 4) is 0 Å². The van der Waals surface area contributed by atoms with Crippen LogP contribution in [-0.4, -0.2) is 35.7 Å². The van der Waals surface area contributed by atoms with Gasteiger partial charge in [-0.1, -0.05) is 19.0 Å². The summed E-state index contributed by atoms with van der Waals surface area (Å²) in [5.74, 6) is -0.289. The van der Waals surface area contributed by atoms with Gasteiger partial charge < -0.3 is 21.0 Å². The van der Waals surface area contributed by atoms with E-state index in [1.54, 1.807) is 6.92 Å². The van der Waals surface area contributed by atoms with Crippen LogP contribution < -0.4 is 11.1 Å². The van der Waals surface area contributed by atoms with Gasteiger partial charge in [-0.25, -0.2) is 0 Å². The first kappa shape index (κ1) is 14.7. The number of amides is 1. The lowest BCUT2D eigenvalue weighted by atomic mass is 9.97. The average Bonchev–Trinajstić information content (AvgIpc) is 2.28. The van der Waals surface area contributed by atoms with Crippen LogP contribution >= 0.6 is 0 Å². The molecule has 0 rings (SSSR count). The Morgan fingerprint density at radius 2 is 2.19 bits per heavy atom. The molecule has 0 saturated carbocycles. The largest absolute Gasteiger partial charge is 0.409 e. The van der Waals surface area contributed by atoms with Crippen molar-refractivity contribution < 1.29 is 14.7 Å². The summed E-state index contributed by atoms with van der Waals surface area (Å²) in [5.41, 5.74) is 4.68. The van der Waals surface area contributed by atoms with Crippen LogP contribution in [-0.2, 0) is 9.53 Å². The number of amidine groups is 1.